The molecule has 0 saturated carbocycles. The van der Waals surface area contributed by atoms with Gasteiger partial charge in [-0.05, 0) is 18.6 Å². The molecule has 0 heterocycles. The molecule has 7 heteroatoms. The van der Waals surface area contributed by atoms with Crippen molar-refractivity contribution in [3.05, 3.63) is 65.2 Å². The summed E-state index contributed by atoms with van der Waals surface area (Å²) >= 11 is 0. The highest BCUT2D eigenvalue weighted by Gasteiger charge is 2.28. The fraction of sp³-hybridized carbons (Fsp3) is 0.316. The van der Waals surface area contributed by atoms with E-state index in [0.29, 0.717) is 24.6 Å². The summed E-state index contributed by atoms with van der Waals surface area (Å²) in [5.74, 6) is 0.752. The summed E-state index contributed by atoms with van der Waals surface area (Å²) in [6.45, 7) is 1.59. The highest BCUT2D eigenvalue weighted by molar-refractivity contribution is 5.79. The third-order valence-electron chi connectivity index (χ3n) is 3.61. The average molecular weight is 365 g/mol. The van der Waals surface area contributed by atoms with Gasteiger partial charge < -0.3 is 15.4 Å². The Balaban J connectivity index is 1.90. The van der Waals surface area contributed by atoms with Gasteiger partial charge in [-0.1, -0.05) is 48.0 Å². The van der Waals surface area contributed by atoms with Gasteiger partial charge in [-0.2, -0.15) is 13.2 Å². The predicted octanol–water partition coefficient (Wildman–Crippen LogP) is 3.80. The Morgan fingerprint density at radius 3 is 2.31 bits per heavy atom. The van der Waals surface area contributed by atoms with Gasteiger partial charge in [-0.3, -0.25) is 4.99 Å². The average Bonchev–Trinajstić information content (AvgIpc) is 2.61. The Labute approximate surface area is 151 Å². The molecule has 0 bridgehead atoms. The van der Waals surface area contributed by atoms with Crippen molar-refractivity contribution in [1.29, 1.82) is 0 Å². The number of nitrogens with one attached hydrogen (secondary N) is 2. The van der Waals surface area contributed by atoms with Crippen LogP contribution in [-0.2, 0) is 13.1 Å². The topological polar surface area (TPSA) is 45.7 Å². The van der Waals surface area contributed by atoms with Gasteiger partial charge in [-0.25, -0.2) is 0 Å². The van der Waals surface area contributed by atoms with Crippen molar-refractivity contribution in [2.24, 2.45) is 4.99 Å². The van der Waals surface area contributed by atoms with Crippen LogP contribution in [0.4, 0.5) is 13.2 Å². The van der Waals surface area contributed by atoms with Crippen LogP contribution in [-0.4, -0.2) is 25.8 Å². The van der Waals surface area contributed by atoms with E-state index in [1.165, 1.54) is 11.6 Å². The van der Waals surface area contributed by atoms with E-state index < -0.39 is 12.8 Å². The Morgan fingerprint density at radius 1 is 1.00 bits per heavy atom. The summed E-state index contributed by atoms with van der Waals surface area (Å²) in [5.41, 5.74) is 2.91. The van der Waals surface area contributed by atoms with Crippen molar-refractivity contribution < 1.29 is 17.9 Å². The van der Waals surface area contributed by atoms with Gasteiger partial charge in [0.1, 0.15) is 5.75 Å². The lowest BCUT2D eigenvalue weighted by Gasteiger charge is -2.15. The van der Waals surface area contributed by atoms with E-state index in [9.17, 15) is 13.2 Å². The molecule has 2 N–H and O–H groups in total. The molecule has 4 nitrogen and oxygen atoms in total. The van der Waals surface area contributed by atoms with E-state index in [1.54, 1.807) is 25.2 Å². The Bertz CT molecular complexity index is 728. The molecule has 0 aliphatic rings. The minimum Gasteiger partial charge on any atom is -0.484 e. The van der Waals surface area contributed by atoms with Crippen molar-refractivity contribution in [2.45, 2.75) is 26.2 Å². The maximum atomic E-state index is 12.4. The molecule has 0 spiro atoms. The number of para-hydroxylation sites is 1. The van der Waals surface area contributed by atoms with Crippen molar-refractivity contribution >= 4 is 5.96 Å². The van der Waals surface area contributed by atoms with E-state index in [2.05, 4.69) is 15.6 Å². The van der Waals surface area contributed by atoms with Gasteiger partial charge in [0.2, 0.25) is 0 Å². The van der Waals surface area contributed by atoms with Crippen molar-refractivity contribution in [2.75, 3.05) is 13.7 Å². The number of rotatable bonds is 6. The summed E-state index contributed by atoms with van der Waals surface area (Å²) in [5, 5.41) is 6.25. The first-order valence-corrected chi connectivity index (χ1v) is 8.15. The highest BCUT2D eigenvalue weighted by Crippen LogP contribution is 2.22. The molecule has 0 aromatic heterocycles. The molecule has 140 valence electrons. The molecule has 0 radical (unpaired) electrons. The second kappa shape index (κ2) is 9.12. The first kappa shape index (κ1) is 19.6. The lowest BCUT2D eigenvalue weighted by Crippen LogP contribution is -2.36. The number of halogens is 3. The normalized spacial score (nSPS) is 12.0. The predicted molar refractivity (Wildman–Crippen MR) is 96.2 cm³/mol. The molecule has 0 fully saturated rings. The minimum atomic E-state index is -4.37. The minimum absolute atomic E-state index is 0.200. The molecule has 0 amide bonds. The molecule has 0 atom stereocenters. The van der Waals surface area contributed by atoms with Crippen LogP contribution in [0.25, 0.3) is 0 Å². The number of hydrogen-bond donors (Lipinski definition) is 2. The molecular weight excluding hydrogens is 343 g/mol. The van der Waals surface area contributed by atoms with Crippen LogP contribution >= 0.6 is 0 Å². The van der Waals surface area contributed by atoms with Gasteiger partial charge >= 0.3 is 6.18 Å². The molecule has 0 aliphatic heterocycles. The number of alkyl halides is 3. The summed E-state index contributed by atoms with van der Waals surface area (Å²) in [6.07, 6.45) is -4.37. The fourth-order valence-electron chi connectivity index (χ4n) is 2.24. The maximum Gasteiger partial charge on any atom is 0.422 e. The van der Waals surface area contributed by atoms with Gasteiger partial charge in [0.05, 0.1) is 0 Å². The summed E-state index contributed by atoms with van der Waals surface area (Å²) in [7, 11) is 1.64. The SMILES string of the molecule is CN=C(NCc1ccc(C)cc1)NCc1ccccc1OCC(F)(F)F. The Hall–Kier alpha value is -2.70. The molecule has 2 rings (SSSR count). The fourth-order valence-corrected chi connectivity index (χ4v) is 2.24. The molecule has 0 unspecified atom stereocenters. The van der Waals surface area contributed by atoms with Crippen LogP contribution in [0.2, 0.25) is 0 Å². The second-order valence-corrected chi connectivity index (χ2v) is 5.78. The van der Waals surface area contributed by atoms with E-state index in [1.807, 2.05) is 31.2 Å². The number of benzene rings is 2. The largest absolute Gasteiger partial charge is 0.484 e. The van der Waals surface area contributed by atoms with Crippen LogP contribution < -0.4 is 15.4 Å². The summed E-state index contributed by atoms with van der Waals surface area (Å²) in [4.78, 5) is 4.12. The zero-order valence-electron chi connectivity index (χ0n) is 14.7. The van der Waals surface area contributed by atoms with Gasteiger partial charge in [0, 0.05) is 25.7 Å². The first-order chi connectivity index (χ1) is 12.4. The molecule has 0 aliphatic carbocycles. The molecule has 26 heavy (non-hydrogen) atoms. The smallest absolute Gasteiger partial charge is 0.422 e. The standard InChI is InChI=1S/C19H22F3N3O/c1-14-7-9-15(10-8-14)11-24-18(23-2)25-12-16-5-3-4-6-17(16)26-13-19(20,21)22/h3-10H,11-13H2,1-2H3,(H2,23,24,25). The van der Waals surface area contributed by atoms with Crippen LogP contribution in [0.1, 0.15) is 16.7 Å². The third kappa shape index (κ3) is 6.66. The summed E-state index contributed by atoms with van der Waals surface area (Å²) in [6, 6.07) is 14.7. The number of aryl methyl sites for hydroxylation is 1. The van der Waals surface area contributed by atoms with Crippen molar-refractivity contribution in [1.82, 2.24) is 10.6 Å². The number of nitrogens with zero attached hydrogens (tertiary/aromatic N) is 1. The molecule has 2 aromatic carbocycles. The lowest BCUT2D eigenvalue weighted by molar-refractivity contribution is -0.153. The van der Waals surface area contributed by atoms with E-state index in [4.69, 9.17) is 4.74 Å². The number of ether oxygens (including phenoxy) is 1. The number of hydrogen-bond acceptors (Lipinski definition) is 2. The molecular formula is C19H22F3N3O. The Morgan fingerprint density at radius 2 is 1.65 bits per heavy atom. The highest BCUT2D eigenvalue weighted by atomic mass is 19.4. The van der Waals surface area contributed by atoms with Crippen LogP contribution in [0, 0.1) is 6.92 Å². The second-order valence-electron chi connectivity index (χ2n) is 5.78. The zero-order valence-corrected chi connectivity index (χ0v) is 14.7. The number of aliphatic imine (C=N–C) groups is 1. The summed E-state index contributed by atoms with van der Waals surface area (Å²) < 4.78 is 42.0. The van der Waals surface area contributed by atoms with E-state index in [-0.39, 0.29) is 5.75 Å². The van der Waals surface area contributed by atoms with Crippen molar-refractivity contribution in [3.8, 4) is 5.75 Å². The van der Waals surface area contributed by atoms with Gasteiger partial charge in [0.25, 0.3) is 0 Å². The third-order valence-corrected chi connectivity index (χ3v) is 3.61. The number of guanidine groups is 1. The van der Waals surface area contributed by atoms with Gasteiger partial charge in [0.15, 0.2) is 12.6 Å². The molecule has 2 aromatic rings. The van der Waals surface area contributed by atoms with E-state index in [0.717, 1.165) is 5.56 Å². The quantitative estimate of drug-likeness (QED) is 0.605. The monoisotopic (exact) mass is 365 g/mol. The molecule has 0 saturated heterocycles. The Kier molecular flexibility index (Phi) is 6.89. The first-order valence-electron chi connectivity index (χ1n) is 8.15. The lowest BCUT2D eigenvalue weighted by atomic mass is 10.1. The van der Waals surface area contributed by atoms with Crippen molar-refractivity contribution in [3.63, 3.8) is 0 Å². The van der Waals surface area contributed by atoms with Crippen LogP contribution in [0.5, 0.6) is 5.75 Å². The van der Waals surface area contributed by atoms with Crippen LogP contribution in [0.15, 0.2) is 53.5 Å². The van der Waals surface area contributed by atoms with Crippen LogP contribution in [0.3, 0.4) is 0 Å². The van der Waals surface area contributed by atoms with Gasteiger partial charge in [-0.15, -0.1) is 0 Å². The maximum absolute atomic E-state index is 12.4. The van der Waals surface area contributed by atoms with E-state index >= 15 is 0 Å². The zero-order chi connectivity index (χ0) is 19.0.